The van der Waals surface area contributed by atoms with Gasteiger partial charge in [0.25, 0.3) is 5.91 Å². The zero-order valence-electron chi connectivity index (χ0n) is 15.4. The van der Waals surface area contributed by atoms with Crippen LogP contribution in [0.4, 0.5) is 0 Å². The van der Waals surface area contributed by atoms with Crippen molar-refractivity contribution in [3.8, 4) is 5.69 Å². The van der Waals surface area contributed by atoms with Gasteiger partial charge in [0.15, 0.2) is 0 Å². The number of benzene rings is 1. The molecule has 0 fully saturated rings. The van der Waals surface area contributed by atoms with E-state index in [1.165, 1.54) is 25.7 Å². The molecule has 0 radical (unpaired) electrons. The van der Waals surface area contributed by atoms with Crippen molar-refractivity contribution in [2.24, 2.45) is 0 Å². The third-order valence-electron chi connectivity index (χ3n) is 4.30. The normalized spacial score (nSPS) is 11.0. The SMILES string of the molecule is CCCCN(CCCC)CCNC(=O)c1ccc(-n2ccnc2)cc1. The van der Waals surface area contributed by atoms with Crippen LogP contribution < -0.4 is 5.32 Å². The molecule has 2 aromatic rings. The van der Waals surface area contributed by atoms with Gasteiger partial charge in [-0.3, -0.25) is 4.79 Å². The van der Waals surface area contributed by atoms with Gasteiger partial charge in [0, 0.05) is 36.7 Å². The first-order valence-corrected chi connectivity index (χ1v) is 9.33. The molecule has 0 aliphatic rings. The number of carbonyl (C=O) groups excluding carboxylic acids is 1. The molecule has 5 heteroatoms. The molecule has 0 saturated heterocycles. The molecule has 0 bridgehead atoms. The van der Waals surface area contributed by atoms with Crippen LogP contribution in [-0.2, 0) is 0 Å². The molecule has 0 aliphatic heterocycles. The lowest BCUT2D eigenvalue weighted by atomic mass is 10.2. The zero-order chi connectivity index (χ0) is 17.9. The largest absolute Gasteiger partial charge is 0.351 e. The van der Waals surface area contributed by atoms with E-state index in [2.05, 4.69) is 29.0 Å². The van der Waals surface area contributed by atoms with Crippen molar-refractivity contribution in [3.63, 3.8) is 0 Å². The van der Waals surface area contributed by atoms with Gasteiger partial charge in [0.1, 0.15) is 0 Å². The van der Waals surface area contributed by atoms with E-state index in [0.29, 0.717) is 12.1 Å². The number of rotatable bonds is 11. The van der Waals surface area contributed by atoms with Crippen LogP contribution in [0.1, 0.15) is 49.9 Å². The first-order valence-electron chi connectivity index (χ1n) is 9.33. The lowest BCUT2D eigenvalue weighted by Gasteiger charge is -2.22. The second-order valence-corrected chi connectivity index (χ2v) is 6.32. The van der Waals surface area contributed by atoms with Gasteiger partial charge in [-0.15, -0.1) is 0 Å². The first-order chi connectivity index (χ1) is 12.2. The molecule has 5 nitrogen and oxygen atoms in total. The third kappa shape index (κ3) is 6.35. The quantitative estimate of drug-likeness (QED) is 0.680. The highest BCUT2D eigenvalue weighted by molar-refractivity contribution is 5.94. The van der Waals surface area contributed by atoms with Gasteiger partial charge >= 0.3 is 0 Å². The van der Waals surface area contributed by atoms with Crippen molar-refractivity contribution in [2.75, 3.05) is 26.2 Å². The van der Waals surface area contributed by atoms with Crippen molar-refractivity contribution >= 4 is 5.91 Å². The second-order valence-electron chi connectivity index (χ2n) is 6.32. The smallest absolute Gasteiger partial charge is 0.251 e. The van der Waals surface area contributed by atoms with Crippen molar-refractivity contribution in [3.05, 3.63) is 48.5 Å². The fourth-order valence-corrected chi connectivity index (χ4v) is 2.73. The average Bonchev–Trinajstić information content (AvgIpc) is 3.18. The maximum absolute atomic E-state index is 12.3. The molecule has 2 rings (SSSR count). The van der Waals surface area contributed by atoms with Crippen molar-refractivity contribution < 1.29 is 4.79 Å². The van der Waals surface area contributed by atoms with Crippen LogP contribution in [0.5, 0.6) is 0 Å². The topological polar surface area (TPSA) is 50.2 Å². The molecular weight excluding hydrogens is 312 g/mol. The van der Waals surface area contributed by atoms with Gasteiger partial charge in [0.2, 0.25) is 0 Å². The summed E-state index contributed by atoms with van der Waals surface area (Å²) in [6.07, 6.45) is 10.2. The summed E-state index contributed by atoms with van der Waals surface area (Å²) in [6, 6.07) is 7.59. The summed E-state index contributed by atoms with van der Waals surface area (Å²) < 4.78 is 1.92. The molecule has 0 spiro atoms. The average molecular weight is 342 g/mol. The lowest BCUT2D eigenvalue weighted by molar-refractivity contribution is 0.0948. The molecule has 0 saturated carbocycles. The fraction of sp³-hybridized carbons (Fsp3) is 0.500. The van der Waals surface area contributed by atoms with Crippen LogP contribution in [0.3, 0.4) is 0 Å². The van der Waals surface area contributed by atoms with Gasteiger partial charge in [-0.25, -0.2) is 4.98 Å². The molecule has 1 amide bonds. The molecule has 136 valence electrons. The summed E-state index contributed by atoms with van der Waals surface area (Å²) in [5, 5.41) is 3.04. The number of hydrogen-bond donors (Lipinski definition) is 1. The van der Waals surface area contributed by atoms with Crippen LogP contribution in [0.15, 0.2) is 43.0 Å². The van der Waals surface area contributed by atoms with Crippen LogP contribution in [0.25, 0.3) is 5.69 Å². The molecule has 1 heterocycles. The maximum atomic E-state index is 12.3. The predicted molar refractivity (Wildman–Crippen MR) is 102 cm³/mol. The maximum Gasteiger partial charge on any atom is 0.251 e. The Balaban J connectivity index is 1.80. The Hall–Kier alpha value is -2.14. The van der Waals surface area contributed by atoms with Crippen molar-refractivity contribution in [2.45, 2.75) is 39.5 Å². The minimum Gasteiger partial charge on any atom is -0.351 e. The Labute approximate surface area is 151 Å². The van der Waals surface area contributed by atoms with E-state index in [1.54, 1.807) is 12.5 Å². The number of nitrogens with one attached hydrogen (secondary N) is 1. The molecule has 1 aromatic heterocycles. The minimum absolute atomic E-state index is 0.0110. The Bertz CT molecular complexity index is 599. The molecule has 0 aliphatic carbocycles. The van der Waals surface area contributed by atoms with Gasteiger partial charge in [-0.2, -0.15) is 0 Å². The number of amides is 1. The van der Waals surface area contributed by atoms with Gasteiger partial charge in [-0.05, 0) is 50.2 Å². The van der Waals surface area contributed by atoms with Crippen LogP contribution in [0, 0.1) is 0 Å². The molecule has 1 aromatic carbocycles. The molecule has 25 heavy (non-hydrogen) atoms. The van der Waals surface area contributed by atoms with Crippen LogP contribution in [-0.4, -0.2) is 46.5 Å². The molecule has 0 unspecified atom stereocenters. The Morgan fingerprint density at radius 2 is 1.76 bits per heavy atom. The molecule has 0 atom stereocenters. The lowest BCUT2D eigenvalue weighted by Crippen LogP contribution is -2.36. The van der Waals surface area contributed by atoms with Crippen LogP contribution >= 0.6 is 0 Å². The summed E-state index contributed by atoms with van der Waals surface area (Å²) in [5.74, 6) is -0.0110. The third-order valence-corrected chi connectivity index (χ3v) is 4.30. The zero-order valence-corrected chi connectivity index (χ0v) is 15.4. The second kappa shape index (κ2) is 10.7. The predicted octanol–water partition coefficient (Wildman–Crippen LogP) is 3.50. The highest BCUT2D eigenvalue weighted by atomic mass is 16.1. The summed E-state index contributed by atoms with van der Waals surface area (Å²) >= 11 is 0. The number of hydrogen-bond acceptors (Lipinski definition) is 3. The standard InChI is InChI=1S/C20H30N4O/c1-3-5-13-23(14-6-4-2)15-12-22-20(25)18-7-9-19(10-8-18)24-16-11-21-17-24/h7-11,16-17H,3-6,12-15H2,1-2H3,(H,22,25). The molecule has 1 N–H and O–H groups in total. The van der Waals surface area contributed by atoms with E-state index in [1.807, 2.05) is 35.0 Å². The van der Waals surface area contributed by atoms with Gasteiger partial charge in [-0.1, -0.05) is 26.7 Å². The van der Waals surface area contributed by atoms with Crippen LogP contribution in [0.2, 0.25) is 0 Å². The van der Waals surface area contributed by atoms with E-state index < -0.39 is 0 Å². The highest BCUT2D eigenvalue weighted by Crippen LogP contribution is 2.09. The molecular formula is C20H30N4O. The monoisotopic (exact) mass is 342 g/mol. The van der Waals surface area contributed by atoms with E-state index in [0.717, 1.165) is 25.3 Å². The van der Waals surface area contributed by atoms with E-state index >= 15 is 0 Å². The van der Waals surface area contributed by atoms with E-state index in [4.69, 9.17) is 0 Å². The van der Waals surface area contributed by atoms with E-state index in [9.17, 15) is 4.79 Å². The van der Waals surface area contributed by atoms with Crippen molar-refractivity contribution in [1.82, 2.24) is 19.8 Å². The summed E-state index contributed by atoms with van der Waals surface area (Å²) in [4.78, 5) is 18.8. The summed E-state index contributed by atoms with van der Waals surface area (Å²) in [7, 11) is 0. The Morgan fingerprint density at radius 3 is 2.32 bits per heavy atom. The number of imidazole rings is 1. The number of carbonyl (C=O) groups is 1. The highest BCUT2D eigenvalue weighted by Gasteiger charge is 2.08. The Kier molecular flexibility index (Phi) is 8.19. The number of aromatic nitrogens is 2. The minimum atomic E-state index is -0.0110. The van der Waals surface area contributed by atoms with E-state index in [-0.39, 0.29) is 5.91 Å². The fourth-order valence-electron chi connectivity index (χ4n) is 2.73. The Morgan fingerprint density at radius 1 is 1.08 bits per heavy atom. The van der Waals surface area contributed by atoms with Gasteiger partial charge < -0.3 is 14.8 Å². The number of nitrogens with zero attached hydrogens (tertiary/aromatic N) is 3. The number of unbranched alkanes of at least 4 members (excludes halogenated alkanes) is 2. The van der Waals surface area contributed by atoms with Crippen molar-refractivity contribution in [1.29, 1.82) is 0 Å². The first kappa shape index (κ1) is 19.2. The van der Waals surface area contributed by atoms with Gasteiger partial charge in [0.05, 0.1) is 6.33 Å². The summed E-state index contributed by atoms with van der Waals surface area (Å²) in [6.45, 7) is 8.27. The summed E-state index contributed by atoms with van der Waals surface area (Å²) in [5.41, 5.74) is 1.69.